The molecule has 0 unspecified atom stereocenters. The van der Waals surface area contributed by atoms with Gasteiger partial charge in [-0.3, -0.25) is 4.79 Å². The Balaban J connectivity index is 1.73. The predicted molar refractivity (Wildman–Crippen MR) is 109 cm³/mol. The van der Waals surface area contributed by atoms with Crippen molar-refractivity contribution in [2.75, 3.05) is 31.1 Å². The molecule has 2 aromatic rings. The topological polar surface area (TPSA) is 74.5 Å². The molecule has 1 aliphatic heterocycles. The van der Waals surface area contributed by atoms with Crippen LogP contribution in [0.1, 0.15) is 55.4 Å². The summed E-state index contributed by atoms with van der Waals surface area (Å²) < 4.78 is 0. The minimum atomic E-state index is -1.03. The fourth-order valence-corrected chi connectivity index (χ4v) is 3.77. The van der Waals surface area contributed by atoms with E-state index < -0.39 is 5.60 Å². The van der Waals surface area contributed by atoms with Crippen LogP contribution in [0.3, 0.4) is 0 Å². The summed E-state index contributed by atoms with van der Waals surface area (Å²) in [5, 5.41) is 19.0. The number of hydrogen-bond acceptors (Lipinski definition) is 5. The van der Waals surface area contributed by atoms with E-state index in [-0.39, 0.29) is 5.91 Å². The van der Waals surface area contributed by atoms with Crippen LogP contribution >= 0.6 is 0 Å². The van der Waals surface area contributed by atoms with Gasteiger partial charge in [-0.15, -0.1) is 0 Å². The maximum Gasteiger partial charge on any atom is 0.256 e. The van der Waals surface area contributed by atoms with Gasteiger partial charge >= 0.3 is 0 Å². The maximum atomic E-state index is 13.2. The third-order valence-corrected chi connectivity index (χ3v) is 5.22. The van der Waals surface area contributed by atoms with Crippen molar-refractivity contribution in [3.63, 3.8) is 0 Å². The highest BCUT2D eigenvalue weighted by atomic mass is 16.3. The molecule has 0 bridgehead atoms. The van der Waals surface area contributed by atoms with Crippen molar-refractivity contribution >= 4 is 11.6 Å². The van der Waals surface area contributed by atoms with Gasteiger partial charge in [0.1, 0.15) is 11.3 Å². The number of carbonyl (C=O) groups is 1. The molecule has 1 aromatic carbocycles. The molecular formula is C21H31N5O2. The van der Waals surface area contributed by atoms with Crippen LogP contribution in [0.25, 0.3) is 0 Å². The van der Waals surface area contributed by atoms with Crippen LogP contribution in [-0.4, -0.2) is 57.1 Å². The zero-order valence-electron chi connectivity index (χ0n) is 17.4. The fourth-order valence-electron chi connectivity index (χ4n) is 3.77. The van der Waals surface area contributed by atoms with E-state index in [1.54, 1.807) is 18.6 Å². The molecule has 0 saturated carbocycles. The summed E-state index contributed by atoms with van der Waals surface area (Å²) >= 11 is 0. The number of nitrogens with zero attached hydrogens (tertiary/aromatic N) is 5. The van der Waals surface area contributed by atoms with Gasteiger partial charge in [0.15, 0.2) is 0 Å². The Morgan fingerprint density at radius 3 is 2.50 bits per heavy atom. The van der Waals surface area contributed by atoms with Crippen molar-refractivity contribution in [2.24, 2.45) is 0 Å². The van der Waals surface area contributed by atoms with Gasteiger partial charge in [0, 0.05) is 31.9 Å². The van der Waals surface area contributed by atoms with E-state index in [9.17, 15) is 9.90 Å². The lowest BCUT2D eigenvalue weighted by atomic mass is 10.0. The molecule has 1 aromatic heterocycles. The Bertz CT molecular complexity index is 818. The largest absolute Gasteiger partial charge is 0.384 e. The summed E-state index contributed by atoms with van der Waals surface area (Å²) in [6.45, 7) is 10.9. The monoisotopic (exact) mass is 385 g/mol. The summed E-state index contributed by atoms with van der Waals surface area (Å²) in [4.78, 5) is 18.9. The molecule has 7 heteroatoms. The number of likely N-dealkylation sites (N-methyl/N-ethyl adjacent to an activating group) is 1. The number of para-hydroxylation sites is 1. The van der Waals surface area contributed by atoms with E-state index in [4.69, 9.17) is 0 Å². The van der Waals surface area contributed by atoms with E-state index >= 15 is 0 Å². The zero-order chi connectivity index (χ0) is 20.3. The van der Waals surface area contributed by atoms with Crippen LogP contribution in [0.5, 0.6) is 0 Å². The first-order valence-electron chi connectivity index (χ1n) is 10.1. The zero-order valence-corrected chi connectivity index (χ0v) is 17.4. The van der Waals surface area contributed by atoms with Gasteiger partial charge in [0.2, 0.25) is 0 Å². The second-order valence-electron chi connectivity index (χ2n) is 7.89. The highest BCUT2D eigenvalue weighted by Crippen LogP contribution is 2.25. The molecule has 3 rings (SSSR count). The standard InChI is InChI=1S/C21H31N5O2/c1-5-24(14-15-26-22-16(2)19(23-26)21(3,4)28)20(27)17-10-6-7-11-18(17)25-12-8-9-13-25/h6-7,10-11,28H,5,8-9,12-15H2,1-4H3. The smallest absolute Gasteiger partial charge is 0.256 e. The normalized spacial score (nSPS) is 14.5. The van der Waals surface area contributed by atoms with Gasteiger partial charge in [-0.25, -0.2) is 0 Å². The maximum absolute atomic E-state index is 13.2. The summed E-state index contributed by atoms with van der Waals surface area (Å²) in [6.07, 6.45) is 2.35. The summed E-state index contributed by atoms with van der Waals surface area (Å²) in [6, 6.07) is 7.88. The van der Waals surface area contributed by atoms with Gasteiger partial charge in [0.25, 0.3) is 5.91 Å². The Kier molecular flexibility index (Phi) is 6.03. The van der Waals surface area contributed by atoms with Crippen LogP contribution in [0.15, 0.2) is 24.3 Å². The van der Waals surface area contributed by atoms with Gasteiger partial charge in [0.05, 0.1) is 17.8 Å². The number of aryl methyl sites for hydroxylation is 1. The van der Waals surface area contributed by atoms with Gasteiger partial charge in [-0.1, -0.05) is 12.1 Å². The molecule has 0 spiro atoms. The first kappa shape index (κ1) is 20.3. The molecule has 1 aliphatic rings. The lowest BCUT2D eigenvalue weighted by Gasteiger charge is -2.25. The Morgan fingerprint density at radius 2 is 1.89 bits per heavy atom. The molecule has 0 aliphatic carbocycles. The SMILES string of the molecule is CCN(CCn1nc(C)c(C(C)(C)O)n1)C(=O)c1ccccc1N1CCCC1. The third kappa shape index (κ3) is 4.35. The van der Waals surface area contributed by atoms with Crippen LogP contribution in [-0.2, 0) is 12.1 Å². The molecule has 1 N–H and O–H groups in total. The van der Waals surface area contributed by atoms with Crippen molar-refractivity contribution < 1.29 is 9.90 Å². The minimum absolute atomic E-state index is 0.0385. The number of rotatable bonds is 7. The summed E-state index contributed by atoms with van der Waals surface area (Å²) in [5.74, 6) is 0.0385. The average Bonchev–Trinajstić information content (AvgIpc) is 3.31. The van der Waals surface area contributed by atoms with E-state index in [0.29, 0.717) is 31.0 Å². The minimum Gasteiger partial charge on any atom is -0.384 e. The molecule has 28 heavy (non-hydrogen) atoms. The van der Waals surface area contributed by atoms with Crippen molar-refractivity contribution in [1.82, 2.24) is 19.9 Å². The van der Waals surface area contributed by atoms with E-state index in [1.807, 2.05) is 43.0 Å². The molecule has 0 radical (unpaired) electrons. The Morgan fingerprint density at radius 1 is 1.21 bits per heavy atom. The van der Waals surface area contributed by atoms with Crippen molar-refractivity contribution in [3.8, 4) is 0 Å². The first-order valence-corrected chi connectivity index (χ1v) is 10.1. The van der Waals surface area contributed by atoms with E-state index in [0.717, 1.165) is 24.3 Å². The number of aliphatic hydroxyl groups is 1. The lowest BCUT2D eigenvalue weighted by Crippen LogP contribution is -2.35. The van der Waals surface area contributed by atoms with Crippen LogP contribution in [0.2, 0.25) is 0 Å². The molecule has 2 heterocycles. The predicted octanol–water partition coefficient (Wildman–Crippen LogP) is 2.58. The number of amides is 1. The second kappa shape index (κ2) is 8.31. The number of carbonyl (C=O) groups excluding carboxylic acids is 1. The van der Waals surface area contributed by atoms with Crippen LogP contribution < -0.4 is 4.90 Å². The lowest BCUT2D eigenvalue weighted by molar-refractivity contribution is 0.0710. The van der Waals surface area contributed by atoms with E-state index in [1.165, 1.54) is 12.8 Å². The summed E-state index contributed by atoms with van der Waals surface area (Å²) in [7, 11) is 0. The molecule has 1 fully saturated rings. The third-order valence-electron chi connectivity index (χ3n) is 5.22. The van der Waals surface area contributed by atoms with E-state index in [2.05, 4.69) is 15.1 Å². The first-order chi connectivity index (χ1) is 13.3. The number of benzene rings is 1. The highest BCUT2D eigenvalue weighted by Gasteiger charge is 2.25. The fraction of sp³-hybridized carbons (Fsp3) is 0.571. The summed E-state index contributed by atoms with van der Waals surface area (Å²) in [5.41, 5.74) is 2.04. The second-order valence-corrected chi connectivity index (χ2v) is 7.89. The van der Waals surface area contributed by atoms with Crippen molar-refractivity contribution in [1.29, 1.82) is 0 Å². The molecule has 7 nitrogen and oxygen atoms in total. The number of hydrogen-bond donors (Lipinski definition) is 1. The van der Waals surface area contributed by atoms with Gasteiger partial charge < -0.3 is 14.9 Å². The number of aromatic nitrogens is 3. The molecule has 0 atom stereocenters. The molecule has 1 saturated heterocycles. The number of anilines is 1. The van der Waals surface area contributed by atoms with Crippen molar-refractivity contribution in [2.45, 2.75) is 52.7 Å². The Hall–Kier alpha value is -2.41. The highest BCUT2D eigenvalue weighted by molar-refractivity contribution is 5.99. The van der Waals surface area contributed by atoms with Gasteiger partial charge in [-0.2, -0.15) is 15.0 Å². The van der Waals surface area contributed by atoms with Crippen LogP contribution in [0, 0.1) is 6.92 Å². The average molecular weight is 386 g/mol. The molecule has 152 valence electrons. The van der Waals surface area contributed by atoms with Crippen LogP contribution in [0.4, 0.5) is 5.69 Å². The molecular weight excluding hydrogens is 354 g/mol. The molecule has 1 amide bonds. The quantitative estimate of drug-likeness (QED) is 0.793. The Labute approximate surface area is 166 Å². The van der Waals surface area contributed by atoms with Crippen molar-refractivity contribution in [3.05, 3.63) is 41.2 Å². The van der Waals surface area contributed by atoms with Gasteiger partial charge in [-0.05, 0) is 52.7 Å².